The van der Waals surface area contributed by atoms with E-state index >= 15 is 0 Å². The number of anilines is 1. The number of carbonyl (C=O) groups is 1. The van der Waals surface area contributed by atoms with Gasteiger partial charge in [0.1, 0.15) is 18.0 Å². The van der Waals surface area contributed by atoms with Gasteiger partial charge in [0.2, 0.25) is 0 Å². The SMILES string of the molecule is O=C(Nc1ccc(OCc2ccccc2)cc1)c1cnc2c(c1)c(=O)[nH]c(=O)n2C1CC1. The highest BCUT2D eigenvalue weighted by atomic mass is 16.5. The van der Waals surface area contributed by atoms with Crippen molar-refractivity contribution < 1.29 is 9.53 Å². The van der Waals surface area contributed by atoms with Crippen LogP contribution in [0.2, 0.25) is 0 Å². The van der Waals surface area contributed by atoms with Gasteiger partial charge < -0.3 is 10.1 Å². The Hall–Kier alpha value is -4.20. The number of fused-ring (bicyclic) bond motifs is 1. The van der Waals surface area contributed by atoms with Crippen LogP contribution in [-0.4, -0.2) is 20.4 Å². The molecule has 0 spiro atoms. The third kappa shape index (κ3) is 4.02. The van der Waals surface area contributed by atoms with Crippen LogP contribution in [0, 0.1) is 0 Å². The van der Waals surface area contributed by atoms with Crippen LogP contribution in [-0.2, 0) is 6.61 Å². The molecule has 1 fully saturated rings. The molecule has 5 rings (SSSR count). The number of nitrogens with zero attached hydrogens (tertiary/aromatic N) is 2. The Morgan fingerprint density at radius 2 is 1.84 bits per heavy atom. The molecule has 2 N–H and O–H groups in total. The number of benzene rings is 2. The summed E-state index contributed by atoms with van der Waals surface area (Å²) in [7, 11) is 0. The summed E-state index contributed by atoms with van der Waals surface area (Å²) in [4.78, 5) is 43.7. The number of carbonyl (C=O) groups excluding carboxylic acids is 1. The molecule has 2 heterocycles. The number of amides is 1. The Bertz CT molecular complexity index is 1400. The van der Waals surface area contributed by atoms with Gasteiger partial charge >= 0.3 is 5.69 Å². The molecule has 0 unspecified atom stereocenters. The van der Waals surface area contributed by atoms with E-state index in [0.717, 1.165) is 18.4 Å². The minimum atomic E-state index is -0.552. The lowest BCUT2D eigenvalue weighted by Gasteiger charge is -2.10. The molecule has 0 bridgehead atoms. The van der Waals surface area contributed by atoms with Crippen LogP contribution in [0.3, 0.4) is 0 Å². The highest BCUT2D eigenvalue weighted by Gasteiger charge is 2.27. The summed E-state index contributed by atoms with van der Waals surface area (Å²) in [5.41, 5.74) is 1.16. The van der Waals surface area contributed by atoms with Crippen molar-refractivity contribution >= 4 is 22.6 Å². The summed E-state index contributed by atoms with van der Waals surface area (Å²) in [5, 5.41) is 3.01. The second kappa shape index (κ2) is 8.14. The molecular weight excluding hydrogens is 408 g/mol. The van der Waals surface area contributed by atoms with Gasteiger partial charge in [-0.3, -0.25) is 19.1 Å². The lowest BCUT2D eigenvalue weighted by Crippen LogP contribution is -2.30. The lowest BCUT2D eigenvalue weighted by atomic mass is 10.2. The van der Waals surface area contributed by atoms with E-state index in [-0.39, 0.29) is 17.0 Å². The molecule has 0 aliphatic heterocycles. The van der Waals surface area contributed by atoms with E-state index in [0.29, 0.717) is 23.7 Å². The quantitative estimate of drug-likeness (QED) is 0.490. The molecule has 0 saturated heterocycles. The molecule has 1 saturated carbocycles. The second-order valence-corrected chi connectivity index (χ2v) is 7.71. The average Bonchev–Trinajstić information content (AvgIpc) is 3.64. The van der Waals surface area contributed by atoms with Gasteiger partial charge in [-0.25, -0.2) is 9.78 Å². The van der Waals surface area contributed by atoms with Crippen molar-refractivity contribution in [1.29, 1.82) is 0 Å². The standard InChI is InChI=1S/C24H20N4O4/c29-22(26-17-6-10-19(11-7-17)32-14-15-4-2-1-3-5-15)16-12-20-21(25-13-16)28(18-8-9-18)24(31)27-23(20)30/h1-7,10-13,18H,8-9,14H2,(H,26,29)(H,27,30,31). The van der Waals surface area contributed by atoms with Crippen molar-refractivity contribution in [3.05, 3.63) is 98.8 Å². The van der Waals surface area contributed by atoms with E-state index in [1.807, 2.05) is 30.3 Å². The number of hydrogen-bond donors (Lipinski definition) is 2. The maximum Gasteiger partial charge on any atom is 0.330 e. The normalized spacial score (nSPS) is 13.1. The Balaban J connectivity index is 1.31. The number of nitrogens with one attached hydrogen (secondary N) is 2. The number of H-pyrrole nitrogens is 1. The minimum absolute atomic E-state index is 0.0525. The third-order valence-electron chi connectivity index (χ3n) is 5.31. The summed E-state index contributed by atoms with van der Waals surface area (Å²) in [5.74, 6) is 0.282. The van der Waals surface area contributed by atoms with E-state index < -0.39 is 17.2 Å². The summed E-state index contributed by atoms with van der Waals surface area (Å²) < 4.78 is 7.25. The molecule has 1 aliphatic rings. The van der Waals surface area contributed by atoms with Crippen molar-refractivity contribution in [2.75, 3.05) is 5.32 Å². The molecule has 0 atom stereocenters. The van der Waals surface area contributed by atoms with E-state index in [1.54, 1.807) is 24.3 Å². The number of aromatic amines is 1. The van der Waals surface area contributed by atoms with Crippen LogP contribution in [0.15, 0.2) is 76.4 Å². The van der Waals surface area contributed by atoms with Crippen molar-refractivity contribution in [3.63, 3.8) is 0 Å². The van der Waals surface area contributed by atoms with Crippen molar-refractivity contribution in [1.82, 2.24) is 14.5 Å². The van der Waals surface area contributed by atoms with Crippen LogP contribution in [0.4, 0.5) is 5.69 Å². The van der Waals surface area contributed by atoms with Gasteiger partial charge in [0.05, 0.1) is 10.9 Å². The number of rotatable bonds is 6. The molecule has 1 aliphatic carbocycles. The van der Waals surface area contributed by atoms with Crippen molar-refractivity contribution in [3.8, 4) is 5.75 Å². The third-order valence-corrected chi connectivity index (χ3v) is 5.31. The first-order valence-corrected chi connectivity index (χ1v) is 10.3. The molecule has 2 aromatic carbocycles. The summed E-state index contributed by atoms with van der Waals surface area (Å²) in [6.07, 6.45) is 3.12. The minimum Gasteiger partial charge on any atom is -0.489 e. The lowest BCUT2D eigenvalue weighted by molar-refractivity contribution is 0.102. The average molecular weight is 428 g/mol. The number of hydrogen-bond acceptors (Lipinski definition) is 5. The van der Waals surface area contributed by atoms with Crippen molar-refractivity contribution in [2.24, 2.45) is 0 Å². The molecular formula is C24H20N4O4. The van der Waals surface area contributed by atoms with Crippen LogP contribution < -0.4 is 21.3 Å². The van der Waals surface area contributed by atoms with Crippen LogP contribution in [0.5, 0.6) is 5.75 Å². The first kappa shape index (κ1) is 19.7. The molecule has 0 radical (unpaired) electrons. The van der Waals surface area contributed by atoms with E-state index in [2.05, 4.69) is 15.3 Å². The van der Waals surface area contributed by atoms with Gasteiger partial charge in [-0.05, 0) is 48.7 Å². The monoisotopic (exact) mass is 428 g/mol. The Morgan fingerprint density at radius 1 is 1.09 bits per heavy atom. The molecule has 2 aromatic heterocycles. The van der Waals surface area contributed by atoms with E-state index in [4.69, 9.17) is 4.74 Å². The Kier molecular flexibility index (Phi) is 5.03. The molecule has 160 valence electrons. The fourth-order valence-corrected chi connectivity index (χ4v) is 3.51. The van der Waals surface area contributed by atoms with Gasteiger partial charge in [0.25, 0.3) is 11.5 Å². The van der Waals surface area contributed by atoms with E-state index in [1.165, 1.54) is 16.8 Å². The summed E-state index contributed by atoms with van der Waals surface area (Å²) >= 11 is 0. The molecule has 32 heavy (non-hydrogen) atoms. The van der Waals surface area contributed by atoms with Gasteiger partial charge in [-0.2, -0.15) is 0 Å². The Labute approximate surface area is 182 Å². The topological polar surface area (TPSA) is 106 Å². The van der Waals surface area contributed by atoms with Gasteiger partial charge in [-0.1, -0.05) is 30.3 Å². The van der Waals surface area contributed by atoms with Crippen LogP contribution in [0.1, 0.15) is 34.8 Å². The highest BCUT2D eigenvalue weighted by molar-refractivity contribution is 6.05. The molecule has 1 amide bonds. The smallest absolute Gasteiger partial charge is 0.330 e. The first-order chi connectivity index (χ1) is 15.6. The molecule has 8 heteroatoms. The molecule has 4 aromatic rings. The van der Waals surface area contributed by atoms with Gasteiger partial charge in [0.15, 0.2) is 0 Å². The zero-order valence-corrected chi connectivity index (χ0v) is 17.1. The van der Waals surface area contributed by atoms with Crippen LogP contribution in [0.25, 0.3) is 11.0 Å². The van der Waals surface area contributed by atoms with Gasteiger partial charge in [0, 0.05) is 17.9 Å². The fraction of sp³-hybridized carbons (Fsp3) is 0.167. The maximum atomic E-state index is 12.7. The first-order valence-electron chi connectivity index (χ1n) is 10.3. The van der Waals surface area contributed by atoms with Crippen LogP contribution >= 0.6 is 0 Å². The number of aromatic nitrogens is 3. The predicted molar refractivity (Wildman–Crippen MR) is 120 cm³/mol. The van der Waals surface area contributed by atoms with Gasteiger partial charge in [-0.15, -0.1) is 0 Å². The van der Waals surface area contributed by atoms with E-state index in [9.17, 15) is 14.4 Å². The fourth-order valence-electron chi connectivity index (χ4n) is 3.51. The predicted octanol–water partition coefficient (Wildman–Crippen LogP) is 3.25. The number of ether oxygens (including phenoxy) is 1. The summed E-state index contributed by atoms with van der Waals surface area (Å²) in [6.45, 7) is 0.454. The largest absolute Gasteiger partial charge is 0.489 e. The summed E-state index contributed by atoms with van der Waals surface area (Å²) in [6, 6.07) is 18.4. The Morgan fingerprint density at radius 3 is 2.56 bits per heavy atom. The second-order valence-electron chi connectivity index (χ2n) is 7.71. The number of pyridine rings is 1. The highest BCUT2D eigenvalue weighted by Crippen LogP contribution is 2.34. The zero-order chi connectivity index (χ0) is 22.1. The zero-order valence-electron chi connectivity index (χ0n) is 17.1. The van der Waals surface area contributed by atoms with Crippen molar-refractivity contribution in [2.45, 2.75) is 25.5 Å². The maximum absolute atomic E-state index is 12.7. The molecule has 8 nitrogen and oxygen atoms in total.